The summed E-state index contributed by atoms with van der Waals surface area (Å²) >= 11 is 0. The van der Waals surface area contributed by atoms with Gasteiger partial charge >= 0.3 is 0 Å². The van der Waals surface area contributed by atoms with Crippen LogP contribution < -0.4 is 57.5 Å². The van der Waals surface area contributed by atoms with Crippen molar-refractivity contribution in [3.8, 4) is 0 Å². The molecule has 2 saturated carbocycles. The Morgan fingerprint density at radius 1 is 0.714 bits per heavy atom. The summed E-state index contributed by atoms with van der Waals surface area (Å²) < 4.78 is 12.8. The van der Waals surface area contributed by atoms with E-state index in [1.165, 1.54) is 19.3 Å². The van der Waals surface area contributed by atoms with Gasteiger partial charge in [-0.1, -0.05) is 69.0 Å². The Hall–Kier alpha value is -3.58. The van der Waals surface area contributed by atoms with E-state index in [-0.39, 0.29) is 78.9 Å². The van der Waals surface area contributed by atoms with Crippen molar-refractivity contribution in [1.82, 2.24) is 10.6 Å². The van der Waals surface area contributed by atoms with E-state index in [0.29, 0.717) is 32.6 Å². The zero-order valence-electron chi connectivity index (χ0n) is 28.0. The molecule has 1 saturated heterocycles. The smallest absolute Gasteiger partial charge is 0.224 e. The van der Waals surface area contributed by atoms with Gasteiger partial charge in [-0.05, 0) is 43.5 Å². The zero-order valence-corrected chi connectivity index (χ0v) is 29.5. The maximum Gasteiger partial charge on any atom is 0.224 e. The molecule has 2 aromatic carbocycles. The first kappa shape index (κ1) is 39.9. The number of para-hydroxylation sites is 2. The highest BCUT2D eigenvalue weighted by atomic mass is 35.5. The van der Waals surface area contributed by atoms with Gasteiger partial charge in [-0.2, -0.15) is 0 Å². The first-order valence-electron chi connectivity index (χ1n) is 17.0. The summed E-state index contributed by atoms with van der Waals surface area (Å²) in [5.41, 5.74) is 13.7. The first-order chi connectivity index (χ1) is 22.9. The van der Waals surface area contributed by atoms with Gasteiger partial charge in [-0.15, -0.1) is 0 Å². The monoisotopic (exact) mass is 716 g/mol. The van der Waals surface area contributed by atoms with Crippen LogP contribution in [0.1, 0.15) is 51.9 Å². The van der Waals surface area contributed by atoms with Gasteiger partial charge in [0.2, 0.25) is 11.8 Å². The number of aliphatic imine (C=N–C) groups is 2. The largest absolute Gasteiger partial charge is 1.00 e. The summed E-state index contributed by atoms with van der Waals surface area (Å²) in [6.45, 7) is 3.41. The molecule has 2 aromatic rings. The van der Waals surface area contributed by atoms with Crippen LogP contribution in [-0.4, -0.2) is 68.4 Å². The molecule has 0 radical (unpaired) electrons. The van der Waals surface area contributed by atoms with Gasteiger partial charge < -0.3 is 67.0 Å². The lowest BCUT2D eigenvalue weighted by atomic mass is 9.75. The Labute approximate surface area is 301 Å². The number of ether oxygens (including phenoxy) is 2. The molecule has 2 amide bonds. The van der Waals surface area contributed by atoms with Crippen LogP contribution in [-0.2, 0) is 19.1 Å². The third-order valence-corrected chi connectivity index (χ3v) is 9.27. The zero-order chi connectivity index (χ0) is 33.0. The summed E-state index contributed by atoms with van der Waals surface area (Å²) in [5.74, 6) is -1.03. The Morgan fingerprint density at radius 3 is 1.61 bits per heavy atom. The number of carbonyl (C=O) groups excluding carboxylic acids is 2. The molecule has 3 fully saturated rings. The third kappa shape index (κ3) is 11.0. The molecule has 0 aromatic heterocycles. The summed E-state index contributed by atoms with van der Waals surface area (Å²) in [6.07, 6.45) is 6.73. The fourth-order valence-electron chi connectivity index (χ4n) is 7.17. The Bertz CT molecular complexity index is 1270. The van der Waals surface area contributed by atoms with Crippen LogP contribution in [0.4, 0.5) is 11.4 Å². The molecule has 270 valence electrons. The minimum absolute atomic E-state index is 0. The molecule has 0 spiro atoms. The highest BCUT2D eigenvalue weighted by molar-refractivity contribution is 5.93. The van der Waals surface area contributed by atoms with E-state index in [2.05, 4.69) is 38.2 Å². The molecule has 5 rings (SSSR count). The van der Waals surface area contributed by atoms with Crippen molar-refractivity contribution in [2.45, 2.75) is 70.4 Å². The number of anilines is 2. The van der Waals surface area contributed by atoms with Gasteiger partial charge in [-0.3, -0.25) is 19.6 Å². The number of hydrogen-bond acceptors (Lipinski definition) is 6. The van der Waals surface area contributed by atoms with Crippen LogP contribution in [0.3, 0.4) is 0 Å². The number of fused-ring (bicyclic) bond motifs is 5. The molecule has 6 atom stereocenters. The van der Waals surface area contributed by atoms with Crippen LogP contribution in [0.25, 0.3) is 0 Å². The summed E-state index contributed by atoms with van der Waals surface area (Å²) in [7, 11) is 0. The molecule has 12 nitrogen and oxygen atoms in total. The molecule has 1 aliphatic heterocycles. The van der Waals surface area contributed by atoms with Crippen LogP contribution in [0.15, 0.2) is 70.6 Å². The highest BCUT2D eigenvalue weighted by Crippen LogP contribution is 2.57. The van der Waals surface area contributed by atoms with E-state index in [1.807, 2.05) is 60.7 Å². The molecule has 3 aliphatic rings. The quantitative estimate of drug-likeness (QED) is 0.0624. The van der Waals surface area contributed by atoms with E-state index in [1.54, 1.807) is 0 Å². The standard InChI is InChI=1S/C35H50N8O4.2ClH/c1-2-3-4-5-12-17-27-46-30-25-22-26(31(30)47-27)29(33(45)39-19-21-41-35(37)43-24-15-10-7-11-16-24)28(25)32(44)38-18-20-40-34(36)42-23-13-8-6-9-14-23;;/h6-11,13-16,25-31H,2-5,12,17-22H2,1H3,(H,38,44)(H,39,45)(H3,36,40,42)(H3,37,41,43);2*1H/p-2. The highest BCUT2D eigenvalue weighted by Gasteiger charge is 2.66. The average Bonchev–Trinajstić information content (AvgIpc) is 3.77. The number of nitrogens with two attached hydrogens (primary N) is 2. The Kier molecular flexibility index (Phi) is 16.4. The van der Waals surface area contributed by atoms with Crippen molar-refractivity contribution in [2.24, 2.45) is 45.1 Å². The number of hydrogen-bond donors (Lipinski definition) is 6. The van der Waals surface area contributed by atoms with Crippen molar-refractivity contribution in [3.63, 3.8) is 0 Å². The number of nitrogens with zero attached hydrogens (tertiary/aromatic N) is 2. The number of carbonyl (C=O) groups is 2. The first-order valence-corrected chi connectivity index (χ1v) is 17.0. The predicted molar refractivity (Wildman–Crippen MR) is 185 cm³/mol. The van der Waals surface area contributed by atoms with E-state index < -0.39 is 11.8 Å². The maximum absolute atomic E-state index is 13.7. The molecule has 2 bridgehead atoms. The van der Waals surface area contributed by atoms with Crippen molar-refractivity contribution < 1.29 is 43.9 Å². The number of halogens is 2. The second kappa shape index (κ2) is 20.2. The van der Waals surface area contributed by atoms with E-state index >= 15 is 0 Å². The lowest BCUT2D eigenvalue weighted by Gasteiger charge is -2.34. The normalized spacial score (nSPS) is 25.4. The lowest BCUT2D eigenvalue weighted by molar-refractivity contribution is -0.140. The minimum Gasteiger partial charge on any atom is -1.00 e. The molecule has 6 unspecified atom stereocenters. The van der Waals surface area contributed by atoms with Crippen LogP contribution >= 0.6 is 0 Å². The third-order valence-electron chi connectivity index (χ3n) is 9.27. The fourth-order valence-corrected chi connectivity index (χ4v) is 7.17. The summed E-state index contributed by atoms with van der Waals surface area (Å²) in [6, 6.07) is 19.0. The second-order valence-corrected chi connectivity index (χ2v) is 12.5. The van der Waals surface area contributed by atoms with E-state index in [9.17, 15) is 9.59 Å². The van der Waals surface area contributed by atoms with E-state index in [4.69, 9.17) is 20.9 Å². The van der Waals surface area contributed by atoms with Crippen molar-refractivity contribution in [1.29, 1.82) is 0 Å². The van der Waals surface area contributed by atoms with E-state index in [0.717, 1.165) is 30.6 Å². The van der Waals surface area contributed by atoms with Crippen molar-refractivity contribution >= 4 is 35.1 Å². The number of unbranched alkanes of at least 4 members (excludes halogenated alkanes) is 4. The number of nitrogens with one attached hydrogen (secondary N) is 4. The van der Waals surface area contributed by atoms with Crippen LogP contribution in [0, 0.1) is 23.7 Å². The fraction of sp³-hybridized carbons (Fsp3) is 0.543. The minimum atomic E-state index is -0.523. The SMILES string of the molecule is CCCCCCCC1OC2C3CC(C2O1)C(C(=O)NCCN=C(N)Nc1ccccc1)C3C(=O)NCCN=C(N)Nc1ccccc1.[Cl-].[Cl-]. The Balaban J connectivity index is 0.00000325. The molecule has 2 aliphatic carbocycles. The van der Waals surface area contributed by atoms with Gasteiger partial charge in [0.25, 0.3) is 0 Å². The van der Waals surface area contributed by atoms with Crippen molar-refractivity contribution in [2.75, 3.05) is 36.8 Å². The molecule has 8 N–H and O–H groups in total. The number of rotatable bonds is 16. The van der Waals surface area contributed by atoms with Gasteiger partial charge in [-0.25, -0.2) is 0 Å². The van der Waals surface area contributed by atoms with Gasteiger partial charge in [0.05, 0.1) is 37.1 Å². The van der Waals surface area contributed by atoms with Gasteiger partial charge in [0.1, 0.15) is 0 Å². The lowest BCUT2D eigenvalue weighted by Crippen LogP contribution is -3.00. The molecular weight excluding hydrogens is 667 g/mol. The van der Waals surface area contributed by atoms with Crippen LogP contribution in [0.5, 0.6) is 0 Å². The maximum atomic E-state index is 13.7. The number of benzene rings is 2. The molecule has 14 heteroatoms. The Morgan fingerprint density at radius 2 is 1.16 bits per heavy atom. The van der Waals surface area contributed by atoms with Gasteiger partial charge in [0, 0.05) is 36.3 Å². The molecule has 49 heavy (non-hydrogen) atoms. The van der Waals surface area contributed by atoms with Crippen LogP contribution in [0.2, 0.25) is 0 Å². The average molecular weight is 718 g/mol. The molecular formula is C35H50Cl2N8O4-2. The summed E-state index contributed by atoms with van der Waals surface area (Å²) in [5, 5.41) is 12.1. The number of guanidine groups is 2. The topological polar surface area (TPSA) is 177 Å². The number of amides is 2. The second-order valence-electron chi connectivity index (χ2n) is 12.5. The van der Waals surface area contributed by atoms with Gasteiger partial charge in [0.15, 0.2) is 18.2 Å². The van der Waals surface area contributed by atoms with Crippen molar-refractivity contribution in [3.05, 3.63) is 60.7 Å². The summed E-state index contributed by atoms with van der Waals surface area (Å²) in [4.78, 5) is 36.1. The predicted octanol–water partition coefficient (Wildman–Crippen LogP) is -2.57. The molecule has 1 heterocycles.